The van der Waals surface area contributed by atoms with Crippen molar-refractivity contribution in [3.63, 3.8) is 0 Å². The summed E-state index contributed by atoms with van der Waals surface area (Å²) in [4.78, 5) is 22.5. The molecule has 12 heteroatoms. The van der Waals surface area contributed by atoms with Crippen molar-refractivity contribution in [2.24, 2.45) is 0 Å². The first-order valence-corrected chi connectivity index (χ1v) is 11.1. The highest BCUT2D eigenvalue weighted by atomic mass is 35.5. The second-order valence-corrected chi connectivity index (χ2v) is 9.19. The van der Waals surface area contributed by atoms with E-state index in [0.717, 1.165) is 41.8 Å². The van der Waals surface area contributed by atoms with E-state index in [9.17, 15) is 18.0 Å². The van der Waals surface area contributed by atoms with Crippen LogP contribution in [0.4, 0.5) is 24.8 Å². The van der Waals surface area contributed by atoms with Crippen LogP contribution in [0.25, 0.3) is 10.6 Å². The van der Waals surface area contributed by atoms with Crippen molar-refractivity contribution in [2.45, 2.75) is 19.3 Å². The number of hydrogen-bond acceptors (Lipinski definition) is 7. The zero-order chi connectivity index (χ0) is 23.3. The number of benzene rings is 1. The zero-order valence-electron chi connectivity index (χ0n) is 17.2. The fourth-order valence-corrected chi connectivity index (χ4v) is 5.07. The molecule has 0 spiro atoms. The highest BCUT2D eigenvalue weighted by Gasteiger charge is 2.37. The first kappa shape index (κ1) is 21.9. The van der Waals surface area contributed by atoms with Gasteiger partial charge in [-0.05, 0) is 36.4 Å². The molecule has 1 amide bonds. The Bertz CT molecular complexity index is 1260. The third-order valence-corrected chi connectivity index (χ3v) is 6.67. The van der Waals surface area contributed by atoms with Crippen LogP contribution in [-0.4, -0.2) is 41.0 Å². The first-order chi connectivity index (χ1) is 15.7. The van der Waals surface area contributed by atoms with Gasteiger partial charge in [0.1, 0.15) is 12.2 Å². The molecule has 0 aliphatic carbocycles. The van der Waals surface area contributed by atoms with Crippen LogP contribution in [0.5, 0.6) is 5.06 Å². The van der Waals surface area contributed by atoms with Crippen LogP contribution in [-0.2, 0) is 19.3 Å². The topological polar surface area (TPSA) is 79.4 Å². The van der Waals surface area contributed by atoms with E-state index < -0.39 is 17.6 Å². The predicted octanol–water partition coefficient (Wildman–Crippen LogP) is 4.69. The number of carbonyl (C=O) groups is 1. The Morgan fingerprint density at radius 3 is 2.76 bits per heavy atom. The second-order valence-electron chi connectivity index (χ2n) is 7.77. The van der Waals surface area contributed by atoms with E-state index in [1.807, 2.05) is 19.2 Å². The lowest BCUT2D eigenvalue weighted by molar-refractivity contribution is -0.137. The molecule has 2 aromatic heterocycles. The number of hydrogen-bond donors (Lipinski definition) is 2. The van der Waals surface area contributed by atoms with Crippen LogP contribution < -0.4 is 15.4 Å². The number of aromatic nitrogens is 2. The number of nitrogens with zero attached hydrogens (tertiary/aromatic N) is 3. The van der Waals surface area contributed by atoms with Gasteiger partial charge in [0, 0.05) is 19.3 Å². The summed E-state index contributed by atoms with van der Waals surface area (Å²) in [5, 5.41) is 6.26. The molecule has 0 atom stereocenters. The monoisotopic (exact) mass is 495 g/mol. The van der Waals surface area contributed by atoms with Crippen molar-refractivity contribution in [2.75, 3.05) is 25.5 Å². The Morgan fingerprint density at radius 1 is 1.24 bits per heavy atom. The SMILES string of the molecule is CN1Cc2cc(Cl)c(Nc3ncc(C(F)(F)F)c(-c4cc5c(s4)OCCNC5=O)n3)cc2C1. The van der Waals surface area contributed by atoms with Crippen LogP contribution in [0, 0.1) is 0 Å². The lowest BCUT2D eigenvalue weighted by atomic mass is 10.1. The van der Waals surface area contributed by atoms with Gasteiger partial charge in [-0.15, -0.1) is 0 Å². The molecule has 7 nitrogen and oxygen atoms in total. The highest BCUT2D eigenvalue weighted by Crippen LogP contribution is 2.43. The van der Waals surface area contributed by atoms with Crippen LogP contribution in [0.3, 0.4) is 0 Å². The molecule has 172 valence electrons. The predicted molar refractivity (Wildman–Crippen MR) is 118 cm³/mol. The van der Waals surface area contributed by atoms with Crippen molar-refractivity contribution in [1.29, 1.82) is 0 Å². The molecule has 0 fully saturated rings. The number of anilines is 2. The normalized spacial score (nSPS) is 16.0. The highest BCUT2D eigenvalue weighted by molar-refractivity contribution is 7.17. The molecule has 0 saturated heterocycles. The molecule has 3 aromatic rings. The van der Waals surface area contributed by atoms with Crippen molar-refractivity contribution in [1.82, 2.24) is 20.2 Å². The molecule has 2 aliphatic heterocycles. The maximum atomic E-state index is 13.7. The molecule has 0 radical (unpaired) electrons. The number of carbonyl (C=O) groups excluding carboxylic acids is 1. The minimum absolute atomic E-state index is 0.0415. The van der Waals surface area contributed by atoms with E-state index in [1.54, 1.807) is 0 Å². The Labute approximate surface area is 195 Å². The largest absolute Gasteiger partial charge is 0.481 e. The fourth-order valence-electron chi connectivity index (χ4n) is 3.80. The third kappa shape index (κ3) is 4.23. The van der Waals surface area contributed by atoms with Gasteiger partial charge in [-0.3, -0.25) is 9.69 Å². The van der Waals surface area contributed by atoms with Gasteiger partial charge in [-0.1, -0.05) is 22.9 Å². The molecule has 1 aromatic carbocycles. The van der Waals surface area contributed by atoms with Gasteiger partial charge in [-0.25, -0.2) is 9.97 Å². The lowest BCUT2D eigenvalue weighted by Gasteiger charge is -2.14. The molecular formula is C21H17ClF3N5O2S. The van der Waals surface area contributed by atoms with Gasteiger partial charge < -0.3 is 15.4 Å². The van der Waals surface area contributed by atoms with E-state index >= 15 is 0 Å². The fraction of sp³-hybridized carbons (Fsp3) is 0.286. The molecule has 2 aliphatic rings. The maximum absolute atomic E-state index is 13.7. The summed E-state index contributed by atoms with van der Waals surface area (Å²) in [5.41, 5.74) is 1.50. The quantitative estimate of drug-likeness (QED) is 0.549. The van der Waals surface area contributed by atoms with Gasteiger partial charge in [0.2, 0.25) is 5.95 Å². The number of fused-ring (bicyclic) bond motifs is 2. The molecule has 0 bridgehead atoms. The van der Waals surface area contributed by atoms with Gasteiger partial charge in [-0.2, -0.15) is 13.2 Å². The van der Waals surface area contributed by atoms with Gasteiger partial charge in [0.15, 0.2) is 5.06 Å². The average molecular weight is 496 g/mol. The second kappa shape index (κ2) is 8.15. The first-order valence-electron chi connectivity index (χ1n) is 9.95. The Kier molecular flexibility index (Phi) is 5.42. The molecule has 33 heavy (non-hydrogen) atoms. The minimum atomic E-state index is -4.69. The van der Waals surface area contributed by atoms with Crippen LogP contribution in [0.1, 0.15) is 27.0 Å². The van der Waals surface area contributed by atoms with E-state index in [1.165, 1.54) is 6.07 Å². The van der Waals surface area contributed by atoms with E-state index in [2.05, 4.69) is 25.5 Å². The summed E-state index contributed by atoms with van der Waals surface area (Å²) in [5.74, 6) is -0.444. The van der Waals surface area contributed by atoms with E-state index in [4.69, 9.17) is 16.3 Å². The average Bonchev–Trinajstić information content (AvgIpc) is 3.28. The molecule has 5 rings (SSSR count). The minimum Gasteiger partial charge on any atom is -0.481 e. The number of nitrogens with one attached hydrogen (secondary N) is 2. The summed E-state index contributed by atoms with van der Waals surface area (Å²) < 4.78 is 46.7. The Balaban J connectivity index is 1.55. The summed E-state index contributed by atoms with van der Waals surface area (Å²) in [7, 11) is 1.98. The summed E-state index contributed by atoms with van der Waals surface area (Å²) >= 11 is 7.33. The maximum Gasteiger partial charge on any atom is 0.420 e. The molecule has 0 unspecified atom stereocenters. The molecule has 0 saturated carbocycles. The number of halogens is 4. The smallest absolute Gasteiger partial charge is 0.420 e. The van der Waals surface area contributed by atoms with Gasteiger partial charge >= 0.3 is 6.18 Å². The van der Waals surface area contributed by atoms with Crippen molar-refractivity contribution in [3.05, 3.63) is 51.7 Å². The number of ether oxygens (including phenoxy) is 1. The van der Waals surface area contributed by atoms with Crippen LogP contribution >= 0.6 is 22.9 Å². The standard InChI is InChI=1S/C21H17ClF3N5O2S/c1-30-8-10-4-14(22)15(5-11(10)9-30)28-20-27-7-13(21(23,24)25)17(29-20)16-6-12-18(31)26-2-3-32-19(12)33-16/h4-7H,2-3,8-9H2,1H3,(H,26,31)(H,27,28,29). The van der Waals surface area contributed by atoms with Crippen molar-refractivity contribution >= 4 is 40.5 Å². The van der Waals surface area contributed by atoms with E-state index in [-0.39, 0.29) is 33.8 Å². The molecule has 4 heterocycles. The summed E-state index contributed by atoms with van der Waals surface area (Å²) in [6.07, 6.45) is -3.96. The zero-order valence-corrected chi connectivity index (χ0v) is 18.8. The lowest BCUT2D eigenvalue weighted by Crippen LogP contribution is -2.24. The summed E-state index contributed by atoms with van der Waals surface area (Å²) in [6, 6.07) is 5.05. The summed E-state index contributed by atoms with van der Waals surface area (Å²) in [6.45, 7) is 2.06. The van der Waals surface area contributed by atoms with Crippen molar-refractivity contribution < 1.29 is 22.7 Å². The Morgan fingerprint density at radius 2 is 2.00 bits per heavy atom. The van der Waals surface area contributed by atoms with Crippen LogP contribution in [0.15, 0.2) is 24.4 Å². The number of rotatable bonds is 3. The van der Waals surface area contributed by atoms with Crippen LogP contribution in [0.2, 0.25) is 5.02 Å². The van der Waals surface area contributed by atoms with E-state index in [0.29, 0.717) is 17.3 Å². The van der Waals surface area contributed by atoms with Gasteiger partial charge in [0.05, 0.1) is 33.4 Å². The number of amides is 1. The number of thiophene rings is 1. The number of alkyl halides is 3. The molecular weight excluding hydrogens is 479 g/mol. The third-order valence-electron chi connectivity index (χ3n) is 5.31. The van der Waals surface area contributed by atoms with Gasteiger partial charge in [0.25, 0.3) is 5.91 Å². The molecule has 2 N–H and O–H groups in total. The Hall–Kier alpha value is -2.89. The van der Waals surface area contributed by atoms with Crippen molar-refractivity contribution in [3.8, 4) is 15.6 Å².